The van der Waals surface area contributed by atoms with E-state index in [0.717, 1.165) is 29.7 Å². The van der Waals surface area contributed by atoms with Crippen molar-refractivity contribution in [3.05, 3.63) is 30.1 Å². The molecule has 3 nitrogen and oxygen atoms in total. The van der Waals surface area contributed by atoms with Crippen LogP contribution < -0.4 is 5.32 Å². The second-order valence-corrected chi connectivity index (χ2v) is 6.67. The second kappa shape index (κ2) is 6.18. The minimum absolute atomic E-state index is 0.302. The number of hydrogen-bond donors (Lipinski definition) is 1. The molecular formula is C18H27N3. The molecule has 1 aromatic heterocycles. The van der Waals surface area contributed by atoms with Crippen molar-refractivity contribution in [3.63, 3.8) is 0 Å². The highest BCUT2D eigenvalue weighted by Crippen LogP contribution is 2.29. The highest BCUT2D eigenvalue weighted by molar-refractivity contribution is 5.75. The van der Waals surface area contributed by atoms with Crippen molar-refractivity contribution in [1.29, 1.82) is 0 Å². The highest BCUT2D eigenvalue weighted by Gasteiger charge is 2.22. The third kappa shape index (κ3) is 2.98. The lowest BCUT2D eigenvalue weighted by Crippen LogP contribution is -2.32. The molecule has 1 fully saturated rings. The molecule has 3 atom stereocenters. The van der Waals surface area contributed by atoms with Gasteiger partial charge in [0.15, 0.2) is 0 Å². The molecule has 0 spiro atoms. The van der Waals surface area contributed by atoms with Crippen LogP contribution in [0.5, 0.6) is 0 Å². The van der Waals surface area contributed by atoms with Gasteiger partial charge in [0, 0.05) is 7.05 Å². The summed E-state index contributed by atoms with van der Waals surface area (Å²) < 4.78 is 2.22. The third-order valence-electron chi connectivity index (χ3n) is 5.18. The molecular weight excluding hydrogens is 258 g/mol. The standard InChI is InChI=1S/C18H27N3/c1-13-8-4-5-9-15(13)12-19-14(2)18-20-16-10-6-7-11-17(16)21(18)3/h6-7,10-11,13-15,19H,4-5,8-9,12H2,1-3H3. The molecule has 0 aliphatic heterocycles. The number of benzene rings is 1. The van der Waals surface area contributed by atoms with E-state index < -0.39 is 0 Å². The Hall–Kier alpha value is -1.35. The minimum Gasteiger partial charge on any atom is -0.330 e. The van der Waals surface area contributed by atoms with Crippen LogP contribution >= 0.6 is 0 Å². The number of para-hydroxylation sites is 2. The largest absolute Gasteiger partial charge is 0.330 e. The number of nitrogens with zero attached hydrogens (tertiary/aromatic N) is 2. The van der Waals surface area contributed by atoms with Gasteiger partial charge in [-0.15, -0.1) is 0 Å². The normalized spacial score (nSPS) is 24.3. The lowest BCUT2D eigenvalue weighted by atomic mass is 9.80. The minimum atomic E-state index is 0.302. The van der Waals surface area contributed by atoms with Crippen LogP contribution in [0.4, 0.5) is 0 Å². The second-order valence-electron chi connectivity index (χ2n) is 6.67. The lowest BCUT2D eigenvalue weighted by Gasteiger charge is -2.30. The molecule has 21 heavy (non-hydrogen) atoms. The van der Waals surface area contributed by atoms with E-state index in [1.807, 2.05) is 0 Å². The van der Waals surface area contributed by atoms with Gasteiger partial charge < -0.3 is 9.88 Å². The first-order valence-corrected chi connectivity index (χ1v) is 8.31. The molecule has 1 aliphatic carbocycles. The number of hydrogen-bond acceptors (Lipinski definition) is 2. The Morgan fingerprint density at radius 2 is 2.05 bits per heavy atom. The maximum absolute atomic E-state index is 4.80. The van der Waals surface area contributed by atoms with Gasteiger partial charge in [-0.3, -0.25) is 0 Å². The lowest BCUT2D eigenvalue weighted by molar-refractivity contribution is 0.241. The van der Waals surface area contributed by atoms with Gasteiger partial charge in [0.25, 0.3) is 0 Å². The van der Waals surface area contributed by atoms with Gasteiger partial charge in [-0.1, -0.05) is 38.3 Å². The summed E-state index contributed by atoms with van der Waals surface area (Å²) >= 11 is 0. The van der Waals surface area contributed by atoms with E-state index >= 15 is 0 Å². The Kier molecular flexibility index (Phi) is 4.29. The zero-order chi connectivity index (χ0) is 14.8. The topological polar surface area (TPSA) is 29.9 Å². The number of nitrogens with one attached hydrogen (secondary N) is 1. The first-order chi connectivity index (χ1) is 10.2. The molecule has 1 aromatic carbocycles. The van der Waals surface area contributed by atoms with Gasteiger partial charge in [0.05, 0.1) is 17.1 Å². The summed E-state index contributed by atoms with van der Waals surface area (Å²) in [5, 5.41) is 3.72. The number of aromatic nitrogens is 2. The molecule has 3 heteroatoms. The molecule has 1 saturated carbocycles. The first kappa shape index (κ1) is 14.6. The van der Waals surface area contributed by atoms with E-state index in [2.05, 4.69) is 55.0 Å². The number of imidazole rings is 1. The smallest absolute Gasteiger partial charge is 0.126 e. The summed E-state index contributed by atoms with van der Waals surface area (Å²) in [6, 6.07) is 8.67. The molecule has 2 aromatic rings. The van der Waals surface area contributed by atoms with Crippen molar-refractivity contribution in [2.75, 3.05) is 6.54 Å². The average Bonchev–Trinajstić information content (AvgIpc) is 2.84. The zero-order valence-corrected chi connectivity index (χ0v) is 13.5. The molecule has 0 saturated heterocycles. The van der Waals surface area contributed by atoms with E-state index in [4.69, 9.17) is 4.98 Å². The zero-order valence-electron chi connectivity index (χ0n) is 13.5. The quantitative estimate of drug-likeness (QED) is 0.918. The summed E-state index contributed by atoms with van der Waals surface area (Å²) in [7, 11) is 2.12. The monoisotopic (exact) mass is 285 g/mol. The third-order valence-corrected chi connectivity index (χ3v) is 5.18. The molecule has 0 radical (unpaired) electrons. The van der Waals surface area contributed by atoms with Crippen molar-refractivity contribution in [2.45, 2.75) is 45.6 Å². The fourth-order valence-electron chi connectivity index (χ4n) is 3.67. The van der Waals surface area contributed by atoms with Crippen LogP contribution in [0.25, 0.3) is 11.0 Å². The first-order valence-electron chi connectivity index (χ1n) is 8.31. The molecule has 3 unspecified atom stereocenters. The predicted octanol–water partition coefficient (Wildman–Crippen LogP) is 4.05. The van der Waals surface area contributed by atoms with Crippen LogP contribution in [0.15, 0.2) is 24.3 Å². The summed E-state index contributed by atoms with van der Waals surface area (Å²) in [6.45, 7) is 5.76. The Balaban J connectivity index is 1.69. The van der Waals surface area contributed by atoms with Crippen molar-refractivity contribution in [3.8, 4) is 0 Å². The van der Waals surface area contributed by atoms with Gasteiger partial charge in [0.1, 0.15) is 5.82 Å². The SMILES string of the molecule is CC(NCC1CCCCC1C)c1nc2ccccc2n1C. The van der Waals surface area contributed by atoms with Gasteiger partial charge in [0.2, 0.25) is 0 Å². The maximum Gasteiger partial charge on any atom is 0.126 e. The fraction of sp³-hybridized carbons (Fsp3) is 0.611. The summed E-state index contributed by atoms with van der Waals surface area (Å²) in [5.74, 6) is 2.83. The Morgan fingerprint density at radius 1 is 1.29 bits per heavy atom. The molecule has 0 amide bonds. The van der Waals surface area contributed by atoms with Crippen LogP contribution in [0, 0.1) is 11.8 Å². The fourth-order valence-corrected chi connectivity index (χ4v) is 3.67. The predicted molar refractivity (Wildman–Crippen MR) is 88.3 cm³/mol. The Morgan fingerprint density at radius 3 is 2.81 bits per heavy atom. The molecule has 1 aliphatic rings. The van der Waals surface area contributed by atoms with Gasteiger partial charge >= 0.3 is 0 Å². The summed E-state index contributed by atoms with van der Waals surface area (Å²) in [6.07, 6.45) is 5.59. The van der Waals surface area contributed by atoms with Crippen molar-refractivity contribution >= 4 is 11.0 Å². The van der Waals surface area contributed by atoms with E-state index in [9.17, 15) is 0 Å². The van der Waals surface area contributed by atoms with Crippen molar-refractivity contribution < 1.29 is 0 Å². The van der Waals surface area contributed by atoms with Gasteiger partial charge in [-0.05, 0) is 43.9 Å². The van der Waals surface area contributed by atoms with Crippen LogP contribution in [0.2, 0.25) is 0 Å². The van der Waals surface area contributed by atoms with E-state index in [1.54, 1.807) is 0 Å². The maximum atomic E-state index is 4.80. The van der Waals surface area contributed by atoms with Crippen molar-refractivity contribution in [1.82, 2.24) is 14.9 Å². The molecule has 114 valence electrons. The van der Waals surface area contributed by atoms with Crippen LogP contribution in [0.1, 0.15) is 51.4 Å². The number of aryl methyl sites for hydroxylation is 1. The van der Waals surface area contributed by atoms with Crippen LogP contribution in [-0.4, -0.2) is 16.1 Å². The molecule has 0 bridgehead atoms. The Labute approximate surface area is 127 Å². The van der Waals surface area contributed by atoms with E-state index in [0.29, 0.717) is 6.04 Å². The van der Waals surface area contributed by atoms with Crippen molar-refractivity contribution in [2.24, 2.45) is 18.9 Å². The van der Waals surface area contributed by atoms with E-state index in [1.165, 1.54) is 31.2 Å². The summed E-state index contributed by atoms with van der Waals surface area (Å²) in [5.41, 5.74) is 2.31. The summed E-state index contributed by atoms with van der Waals surface area (Å²) in [4.78, 5) is 4.80. The van der Waals surface area contributed by atoms with Gasteiger partial charge in [-0.25, -0.2) is 4.98 Å². The molecule has 1 N–H and O–H groups in total. The number of fused-ring (bicyclic) bond motifs is 1. The number of rotatable bonds is 4. The van der Waals surface area contributed by atoms with Crippen LogP contribution in [-0.2, 0) is 7.05 Å². The Bertz CT molecular complexity index is 602. The highest BCUT2D eigenvalue weighted by atomic mass is 15.1. The average molecular weight is 285 g/mol. The van der Waals surface area contributed by atoms with Gasteiger partial charge in [-0.2, -0.15) is 0 Å². The molecule has 3 rings (SSSR count). The molecule has 1 heterocycles. The van der Waals surface area contributed by atoms with Crippen LogP contribution in [0.3, 0.4) is 0 Å². The van der Waals surface area contributed by atoms with E-state index in [-0.39, 0.29) is 0 Å².